The highest BCUT2D eigenvalue weighted by molar-refractivity contribution is 8.00. The van der Waals surface area contributed by atoms with Crippen molar-refractivity contribution in [1.29, 1.82) is 0 Å². The molecule has 3 aromatic rings. The molecule has 11 heteroatoms. The lowest BCUT2D eigenvalue weighted by Gasteiger charge is -2.35. The third kappa shape index (κ3) is 5.44. The number of ether oxygens (including phenoxy) is 1. The standard InChI is InChI=1S/C28H36N6O3S2/c1-39(35,36)21-15-23(22-4-5-29-24(22)16-21)27-30-25-14-20(18-33-8-6-32(7-9-33)17-19-2-3-19)38-26(25)28(31-27)34-10-12-37-13-11-34/h4-5,15-16,19-20,29H,2-3,6-14,17-18H2,1H3. The number of nitrogens with one attached hydrogen (secondary N) is 1. The highest BCUT2D eigenvalue weighted by atomic mass is 32.2. The van der Waals surface area contributed by atoms with Crippen molar-refractivity contribution in [2.24, 2.45) is 5.92 Å². The number of rotatable bonds is 7. The number of sulfone groups is 1. The minimum atomic E-state index is -3.39. The second-order valence-corrected chi connectivity index (χ2v) is 14.7. The fourth-order valence-corrected chi connectivity index (χ4v) is 8.10. The number of morpholine rings is 1. The molecule has 3 fully saturated rings. The molecule has 208 valence electrons. The Hall–Kier alpha value is -2.18. The molecular formula is C28H36N6O3S2. The van der Waals surface area contributed by atoms with Crippen LogP contribution in [0.4, 0.5) is 5.82 Å². The van der Waals surface area contributed by atoms with Gasteiger partial charge in [0.05, 0.1) is 28.7 Å². The maximum atomic E-state index is 12.5. The quantitative estimate of drug-likeness (QED) is 0.462. The van der Waals surface area contributed by atoms with Crippen LogP contribution in [0.5, 0.6) is 0 Å². The first-order valence-electron chi connectivity index (χ1n) is 14.1. The predicted octanol–water partition coefficient (Wildman–Crippen LogP) is 2.91. The highest BCUT2D eigenvalue weighted by Crippen LogP contribution is 2.44. The molecular weight excluding hydrogens is 532 g/mol. The summed E-state index contributed by atoms with van der Waals surface area (Å²) < 4.78 is 30.6. The minimum absolute atomic E-state index is 0.276. The van der Waals surface area contributed by atoms with Crippen molar-refractivity contribution in [2.45, 2.75) is 34.3 Å². The van der Waals surface area contributed by atoms with Gasteiger partial charge in [-0.15, -0.1) is 11.8 Å². The molecule has 0 spiro atoms. The van der Waals surface area contributed by atoms with Crippen LogP contribution in [0.25, 0.3) is 22.3 Å². The van der Waals surface area contributed by atoms with Gasteiger partial charge in [0.15, 0.2) is 15.7 Å². The topological polar surface area (TPSA) is 94.7 Å². The summed E-state index contributed by atoms with van der Waals surface area (Å²) in [5.41, 5.74) is 2.61. The predicted molar refractivity (Wildman–Crippen MR) is 154 cm³/mol. The van der Waals surface area contributed by atoms with Crippen LogP contribution in [0.1, 0.15) is 18.5 Å². The molecule has 9 nitrogen and oxygen atoms in total. The molecule has 2 saturated heterocycles. The van der Waals surface area contributed by atoms with Gasteiger partial charge in [0.2, 0.25) is 0 Å². The molecule has 1 unspecified atom stereocenters. The fraction of sp³-hybridized carbons (Fsp3) is 0.571. The molecule has 2 aromatic heterocycles. The van der Waals surface area contributed by atoms with Gasteiger partial charge in [-0.3, -0.25) is 4.90 Å². The van der Waals surface area contributed by atoms with E-state index in [0.29, 0.717) is 24.3 Å². The molecule has 39 heavy (non-hydrogen) atoms. The highest BCUT2D eigenvalue weighted by Gasteiger charge is 2.33. The Morgan fingerprint density at radius 1 is 1.03 bits per heavy atom. The van der Waals surface area contributed by atoms with E-state index in [4.69, 9.17) is 14.7 Å². The van der Waals surface area contributed by atoms with Crippen LogP contribution in [0, 0.1) is 5.92 Å². The van der Waals surface area contributed by atoms with Crippen LogP contribution in [0.3, 0.4) is 0 Å². The number of aromatic nitrogens is 3. The SMILES string of the molecule is CS(=O)(=O)c1cc(-c2nc3c(c(N4CCOCC4)n2)SC(CN2CCN(CC4CC4)CC2)C3)c2cc[nH]c2c1. The number of thioether (sulfide) groups is 1. The van der Waals surface area contributed by atoms with Crippen molar-refractivity contribution < 1.29 is 13.2 Å². The number of H-pyrrole nitrogens is 1. The van der Waals surface area contributed by atoms with Crippen molar-refractivity contribution in [3.05, 3.63) is 30.1 Å². The number of aromatic amines is 1. The largest absolute Gasteiger partial charge is 0.378 e. The Balaban J connectivity index is 1.19. The van der Waals surface area contributed by atoms with Gasteiger partial charge in [0.1, 0.15) is 5.82 Å². The van der Waals surface area contributed by atoms with E-state index >= 15 is 0 Å². The molecule has 1 N–H and O–H groups in total. The minimum Gasteiger partial charge on any atom is -0.378 e. The fourth-order valence-electron chi connectivity index (χ4n) is 6.03. The summed E-state index contributed by atoms with van der Waals surface area (Å²) in [5.74, 6) is 2.52. The molecule has 1 aromatic carbocycles. The first-order valence-corrected chi connectivity index (χ1v) is 16.8. The van der Waals surface area contributed by atoms with Crippen LogP contribution in [0.15, 0.2) is 34.2 Å². The van der Waals surface area contributed by atoms with Gasteiger partial charge in [0, 0.05) is 92.9 Å². The van der Waals surface area contributed by atoms with Gasteiger partial charge < -0.3 is 19.5 Å². The second-order valence-electron chi connectivity index (χ2n) is 11.4. The van der Waals surface area contributed by atoms with Crippen LogP contribution >= 0.6 is 11.8 Å². The van der Waals surface area contributed by atoms with Crippen LogP contribution in [0.2, 0.25) is 0 Å². The van der Waals surface area contributed by atoms with E-state index in [1.807, 2.05) is 24.0 Å². The van der Waals surface area contributed by atoms with Gasteiger partial charge in [-0.25, -0.2) is 18.4 Å². The molecule has 3 aliphatic heterocycles. The van der Waals surface area contributed by atoms with E-state index in [0.717, 1.165) is 73.0 Å². The summed E-state index contributed by atoms with van der Waals surface area (Å²) in [6.07, 6.45) is 6.82. The first kappa shape index (κ1) is 25.8. The summed E-state index contributed by atoms with van der Waals surface area (Å²) in [7, 11) is -3.39. The summed E-state index contributed by atoms with van der Waals surface area (Å²) in [4.78, 5) is 22.4. The number of anilines is 1. The van der Waals surface area contributed by atoms with Crippen molar-refractivity contribution in [2.75, 3.05) is 76.7 Å². The van der Waals surface area contributed by atoms with Crippen molar-refractivity contribution in [3.63, 3.8) is 0 Å². The first-order chi connectivity index (χ1) is 18.9. The summed E-state index contributed by atoms with van der Waals surface area (Å²) in [5, 5.41) is 1.37. The number of hydrogen-bond donors (Lipinski definition) is 1. The third-order valence-corrected chi connectivity index (χ3v) is 10.8. The van der Waals surface area contributed by atoms with E-state index in [-0.39, 0.29) is 4.90 Å². The molecule has 7 rings (SSSR count). The second kappa shape index (κ2) is 10.3. The Bertz CT molecular complexity index is 1470. The zero-order chi connectivity index (χ0) is 26.6. The van der Waals surface area contributed by atoms with E-state index in [1.165, 1.54) is 43.6 Å². The molecule has 4 aliphatic rings. The van der Waals surface area contributed by atoms with Crippen LogP contribution in [-0.4, -0.2) is 110 Å². The van der Waals surface area contributed by atoms with E-state index in [9.17, 15) is 8.42 Å². The van der Waals surface area contributed by atoms with Gasteiger partial charge in [-0.05, 0) is 37.0 Å². The molecule has 1 atom stereocenters. The van der Waals surface area contributed by atoms with Gasteiger partial charge >= 0.3 is 0 Å². The Morgan fingerprint density at radius 3 is 2.49 bits per heavy atom. The molecule has 0 radical (unpaired) electrons. The maximum Gasteiger partial charge on any atom is 0.175 e. The van der Waals surface area contributed by atoms with Gasteiger partial charge in [-0.1, -0.05) is 0 Å². The monoisotopic (exact) mass is 568 g/mol. The zero-order valence-electron chi connectivity index (χ0n) is 22.4. The lowest BCUT2D eigenvalue weighted by Crippen LogP contribution is -2.48. The Kier molecular flexibility index (Phi) is 6.83. The maximum absolute atomic E-state index is 12.5. The number of nitrogens with zero attached hydrogens (tertiary/aromatic N) is 5. The summed E-state index contributed by atoms with van der Waals surface area (Å²) in [6, 6.07) is 5.40. The number of fused-ring (bicyclic) bond motifs is 2. The molecule has 5 heterocycles. The molecule has 0 amide bonds. The number of benzene rings is 1. The zero-order valence-corrected chi connectivity index (χ0v) is 24.1. The number of piperazine rings is 1. The van der Waals surface area contributed by atoms with Crippen molar-refractivity contribution in [1.82, 2.24) is 24.8 Å². The van der Waals surface area contributed by atoms with Gasteiger partial charge in [-0.2, -0.15) is 0 Å². The van der Waals surface area contributed by atoms with E-state index < -0.39 is 9.84 Å². The van der Waals surface area contributed by atoms with E-state index in [2.05, 4.69) is 19.7 Å². The Labute approximate surface area is 234 Å². The lowest BCUT2D eigenvalue weighted by atomic mass is 10.1. The van der Waals surface area contributed by atoms with Crippen LogP contribution in [-0.2, 0) is 21.0 Å². The van der Waals surface area contributed by atoms with Crippen molar-refractivity contribution in [3.8, 4) is 11.4 Å². The molecule has 1 saturated carbocycles. The smallest absolute Gasteiger partial charge is 0.175 e. The number of hydrogen-bond acceptors (Lipinski definition) is 9. The lowest BCUT2D eigenvalue weighted by molar-refractivity contribution is 0.122. The normalized spacial score (nSPS) is 23.0. The van der Waals surface area contributed by atoms with Crippen LogP contribution < -0.4 is 4.90 Å². The molecule has 0 bridgehead atoms. The Morgan fingerprint density at radius 2 is 1.77 bits per heavy atom. The van der Waals surface area contributed by atoms with E-state index in [1.54, 1.807) is 12.1 Å². The summed E-state index contributed by atoms with van der Waals surface area (Å²) in [6.45, 7) is 9.90. The van der Waals surface area contributed by atoms with Gasteiger partial charge in [0.25, 0.3) is 0 Å². The average Bonchev–Trinajstić information content (AvgIpc) is 3.45. The third-order valence-electron chi connectivity index (χ3n) is 8.39. The van der Waals surface area contributed by atoms with Crippen molar-refractivity contribution >= 4 is 38.3 Å². The molecule has 1 aliphatic carbocycles. The summed E-state index contributed by atoms with van der Waals surface area (Å²) >= 11 is 1.92. The average molecular weight is 569 g/mol.